The van der Waals surface area contributed by atoms with Crippen LogP contribution in [0.4, 0.5) is 0 Å². The summed E-state index contributed by atoms with van der Waals surface area (Å²) in [6.45, 7) is 7.50. The third-order valence-electron chi connectivity index (χ3n) is 8.09. The number of aliphatic imine (C=N–C) groups is 1. The molecule has 4 aromatic carbocycles. The molecular weight excluding hydrogens is 649 g/mol. The maximum Gasteiger partial charge on any atom is 0.334 e. The third-order valence-corrected chi connectivity index (χ3v) is 9.86. The largest absolute Gasteiger partial charge is 0.497 e. The smallest absolute Gasteiger partial charge is 0.334 e. The Labute approximate surface area is 297 Å². The fraction of sp³-hybridized carbons (Fsp3) is 0.317. The van der Waals surface area contributed by atoms with Crippen molar-refractivity contribution >= 4 is 21.7 Å². The topological polar surface area (TPSA) is 94.5 Å². The van der Waals surface area contributed by atoms with Crippen LogP contribution in [0.5, 0.6) is 11.5 Å². The van der Waals surface area contributed by atoms with Gasteiger partial charge in [-0.05, 0) is 69.5 Å². The number of hydrogen-bond acceptors (Lipinski definition) is 7. The molecule has 4 aromatic rings. The molecule has 1 atom stereocenters. The normalized spacial score (nSPS) is 13.1. The van der Waals surface area contributed by atoms with E-state index in [1.165, 1.54) is 4.31 Å². The lowest BCUT2D eigenvalue weighted by Crippen LogP contribution is -2.45. The number of sulfonamides is 1. The van der Waals surface area contributed by atoms with Crippen LogP contribution < -0.4 is 9.47 Å². The van der Waals surface area contributed by atoms with E-state index in [0.717, 1.165) is 22.3 Å². The van der Waals surface area contributed by atoms with Gasteiger partial charge in [0.2, 0.25) is 10.0 Å². The number of ether oxygens (including phenoxy) is 3. The van der Waals surface area contributed by atoms with E-state index < -0.39 is 27.1 Å². The molecule has 4 rings (SSSR count). The highest BCUT2D eigenvalue weighted by molar-refractivity contribution is 7.89. The standard InChI is InChI=1S/C41H48N2O6S/c1-7-8-27-41(39(44)49-40(2,3)4,42-38(34-15-11-9-12-16-34)35-17-13-10-14-18-35)28-29-50(45,46)43(30-32-19-23-36(47-5)24-20-32)31-33-21-25-37(48-6)26-22-33/h7-26H,27-31H2,1-6H3/b8-7+. The first kappa shape index (κ1) is 38.1. The number of hydrogen-bond donors (Lipinski definition) is 0. The molecule has 0 aliphatic rings. The summed E-state index contributed by atoms with van der Waals surface area (Å²) >= 11 is 0. The van der Waals surface area contributed by atoms with E-state index in [1.54, 1.807) is 35.0 Å². The van der Waals surface area contributed by atoms with E-state index in [0.29, 0.717) is 17.2 Å². The van der Waals surface area contributed by atoms with E-state index in [-0.39, 0.29) is 31.7 Å². The van der Waals surface area contributed by atoms with Crippen LogP contribution in [-0.4, -0.2) is 55.5 Å². The molecule has 8 nitrogen and oxygen atoms in total. The average Bonchev–Trinajstić information content (AvgIpc) is 3.12. The molecule has 0 bridgehead atoms. The molecule has 0 fully saturated rings. The average molecular weight is 697 g/mol. The Bertz CT molecular complexity index is 1740. The van der Waals surface area contributed by atoms with E-state index in [9.17, 15) is 13.2 Å². The number of carbonyl (C=O) groups excluding carboxylic acids is 1. The predicted molar refractivity (Wildman–Crippen MR) is 200 cm³/mol. The maximum absolute atomic E-state index is 14.5. The Morgan fingerprint density at radius 2 is 1.20 bits per heavy atom. The second-order valence-electron chi connectivity index (χ2n) is 13.0. The van der Waals surface area contributed by atoms with Gasteiger partial charge in [0.05, 0.1) is 25.7 Å². The lowest BCUT2D eigenvalue weighted by molar-refractivity contribution is -0.161. The van der Waals surface area contributed by atoms with Gasteiger partial charge in [0.15, 0.2) is 5.54 Å². The molecule has 0 aromatic heterocycles. The van der Waals surface area contributed by atoms with Crippen molar-refractivity contribution in [2.45, 2.75) is 64.8 Å². The van der Waals surface area contributed by atoms with Crippen LogP contribution in [0.1, 0.15) is 62.8 Å². The first-order chi connectivity index (χ1) is 23.9. The van der Waals surface area contributed by atoms with E-state index >= 15 is 0 Å². The van der Waals surface area contributed by atoms with Gasteiger partial charge in [-0.25, -0.2) is 13.2 Å². The first-order valence-corrected chi connectivity index (χ1v) is 18.3. The summed E-state index contributed by atoms with van der Waals surface area (Å²) < 4.78 is 47.1. The van der Waals surface area contributed by atoms with Gasteiger partial charge < -0.3 is 14.2 Å². The minimum atomic E-state index is -3.98. The van der Waals surface area contributed by atoms with Gasteiger partial charge in [0, 0.05) is 30.6 Å². The molecular formula is C41H48N2O6S. The summed E-state index contributed by atoms with van der Waals surface area (Å²) in [6, 6.07) is 33.8. The van der Waals surface area contributed by atoms with Crippen molar-refractivity contribution in [2.24, 2.45) is 4.99 Å². The minimum absolute atomic E-state index is 0.112. The van der Waals surface area contributed by atoms with Crippen molar-refractivity contribution in [3.05, 3.63) is 144 Å². The number of nitrogens with zero attached hydrogens (tertiary/aromatic N) is 2. The number of carbonyl (C=O) groups is 1. The summed E-state index contributed by atoms with van der Waals surface area (Å²) in [5.41, 5.74) is 1.38. The molecule has 0 heterocycles. The van der Waals surface area contributed by atoms with Crippen molar-refractivity contribution in [2.75, 3.05) is 20.0 Å². The van der Waals surface area contributed by atoms with Crippen LogP contribution >= 0.6 is 0 Å². The minimum Gasteiger partial charge on any atom is -0.497 e. The highest BCUT2D eigenvalue weighted by atomic mass is 32.2. The Kier molecular flexibility index (Phi) is 13.2. The fourth-order valence-electron chi connectivity index (χ4n) is 5.37. The lowest BCUT2D eigenvalue weighted by Gasteiger charge is -2.33. The van der Waals surface area contributed by atoms with Gasteiger partial charge in [-0.15, -0.1) is 0 Å². The second-order valence-corrected chi connectivity index (χ2v) is 15.1. The number of benzene rings is 4. The fourth-order valence-corrected chi connectivity index (χ4v) is 6.92. The highest BCUT2D eigenvalue weighted by Gasteiger charge is 2.43. The molecule has 0 aliphatic carbocycles. The quantitative estimate of drug-likeness (QED) is 0.0670. The van der Waals surface area contributed by atoms with Crippen LogP contribution in [0.15, 0.2) is 126 Å². The van der Waals surface area contributed by atoms with Crippen molar-refractivity contribution in [1.29, 1.82) is 0 Å². The molecule has 0 aliphatic heterocycles. The molecule has 264 valence electrons. The zero-order valence-electron chi connectivity index (χ0n) is 29.8. The Balaban J connectivity index is 1.81. The van der Waals surface area contributed by atoms with Crippen molar-refractivity contribution in [3.63, 3.8) is 0 Å². The van der Waals surface area contributed by atoms with Crippen LogP contribution in [-0.2, 0) is 32.6 Å². The zero-order valence-corrected chi connectivity index (χ0v) is 30.7. The van der Waals surface area contributed by atoms with Gasteiger partial charge in [0.1, 0.15) is 17.1 Å². The monoisotopic (exact) mass is 696 g/mol. The first-order valence-electron chi connectivity index (χ1n) is 16.7. The third kappa shape index (κ3) is 10.6. The molecule has 0 radical (unpaired) electrons. The molecule has 0 saturated carbocycles. The molecule has 0 N–H and O–H groups in total. The Morgan fingerprint density at radius 1 is 0.740 bits per heavy atom. The summed E-state index contributed by atoms with van der Waals surface area (Å²) in [7, 11) is -0.807. The number of methoxy groups -OCH3 is 2. The Hall–Kier alpha value is -4.73. The summed E-state index contributed by atoms with van der Waals surface area (Å²) in [5, 5.41) is 0. The van der Waals surface area contributed by atoms with Gasteiger partial charge >= 0.3 is 5.97 Å². The van der Waals surface area contributed by atoms with Gasteiger partial charge in [0.25, 0.3) is 0 Å². The summed E-state index contributed by atoms with van der Waals surface area (Å²) in [6.07, 6.45) is 3.72. The van der Waals surface area contributed by atoms with Crippen LogP contribution in [0.25, 0.3) is 0 Å². The van der Waals surface area contributed by atoms with Gasteiger partial charge in [-0.3, -0.25) is 4.99 Å². The lowest BCUT2D eigenvalue weighted by atomic mass is 9.90. The summed E-state index contributed by atoms with van der Waals surface area (Å²) in [4.78, 5) is 19.6. The number of rotatable bonds is 16. The molecule has 0 spiro atoms. The predicted octanol–water partition coefficient (Wildman–Crippen LogP) is 8.01. The van der Waals surface area contributed by atoms with E-state index in [1.807, 2.05) is 128 Å². The second kappa shape index (κ2) is 17.3. The van der Waals surface area contributed by atoms with Crippen LogP contribution in [0.2, 0.25) is 0 Å². The van der Waals surface area contributed by atoms with Crippen LogP contribution in [0, 0.1) is 0 Å². The van der Waals surface area contributed by atoms with Crippen molar-refractivity contribution in [3.8, 4) is 11.5 Å². The zero-order chi connectivity index (χ0) is 36.2. The molecule has 50 heavy (non-hydrogen) atoms. The summed E-state index contributed by atoms with van der Waals surface area (Å²) in [5.74, 6) is 0.417. The van der Waals surface area contributed by atoms with Crippen molar-refractivity contribution < 1.29 is 27.4 Å². The van der Waals surface area contributed by atoms with Crippen molar-refractivity contribution in [1.82, 2.24) is 4.31 Å². The number of esters is 1. The van der Waals surface area contributed by atoms with Gasteiger partial charge in [-0.2, -0.15) is 4.31 Å². The SMILES string of the molecule is C/C=C/CC(CCS(=O)(=O)N(Cc1ccc(OC)cc1)Cc1ccc(OC)cc1)(N=C(c1ccccc1)c1ccccc1)C(=O)OC(C)(C)C. The van der Waals surface area contributed by atoms with Crippen LogP contribution in [0.3, 0.4) is 0 Å². The molecule has 0 amide bonds. The van der Waals surface area contributed by atoms with E-state index in [4.69, 9.17) is 19.2 Å². The maximum atomic E-state index is 14.5. The Morgan fingerprint density at radius 3 is 1.60 bits per heavy atom. The highest BCUT2D eigenvalue weighted by Crippen LogP contribution is 2.31. The molecule has 1 unspecified atom stereocenters. The molecule has 0 saturated heterocycles. The molecule has 9 heteroatoms. The number of allylic oxidation sites excluding steroid dienone is 1. The van der Waals surface area contributed by atoms with E-state index in [2.05, 4.69) is 0 Å². The van der Waals surface area contributed by atoms with Gasteiger partial charge in [-0.1, -0.05) is 97.1 Å².